The highest BCUT2D eigenvalue weighted by atomic mass is 127. The fourth-order valence-corrected chi connectivity index (χ4v) is 2.09. The van der Waals surface area contributed by atoms with Crippen molar-refractivity contribution in [3.63, 3.8) is 0 Å². The number of hydrogen-bond acceptors (Lipinski definition) is 1. The Hall–Kier alpha value is -1.04. The summed E-state index contributed by atoms with van der Waals surface area (Å²) in [5.74, 6) is 0.882. The number of rotatable bonds is 6. The van der Waals surface area contributed by atoms with Gasteiger partial charge < -0.3 is 10.6 Å². The summed E-state index contributed by atoms with van der Waals surface area (Å²) < 4.78 is 0. The molecule has 0 amide bonds. The predicted molar refractivity (Wildman–Crippen MR) is 104 cm³/mol. The number of aryl methyl sites for hydroxylation is 1. The fourth-order valence-electron chi connectivity index (χ4n) is 2.09. The number of guanidine groups is 1. The first-order chi connectivity index (χ1) is 9.69. The lowest BCUT2D eigenvalue weighted by molar-refractivity contribution is 0.682. The van der Waals surface area contributed by atoms with Crippen molar-refractivity contribution < 1.29 is 0 Å². The van der Waals surface area contributed by atoms with Gasteiger partial charge in [-0.15, -0.1) is 24.0 Å². The van der Waals surface area contributed by atoms with Crippen molar-refractivity contribution in [2.45, 2.75) is 40.2 Å². The molecule has 118 valence electrons. The molecule has 0 aliphatic carbocycles. The van der Waals surface area contributed by atoms with E-state index in [-0.39, 0.29) is 30.0 Å². The molecule has 1 aromatic rings. The first-order valence-corrected chi connectivity index (χ1v) is 7.40. The average molecular weight is 401 g/mol. The Morgan fingerprint density at radius 1 is 1.33 bits per heavy atom. The van der Waals surface area contributed by atoms with Gasteiger partial charge in [0.2, 0.25) is 0 Å². The van der Waals surface area contributed by atoms with Crippen LogP contribution < -0.4 is 10.6 Å². The van der Waals surface area contributed by atoms with Gasteiger partial charge in [-0.05, 0) is 45.2 Å². The van der Waals surface area contributed by atoms with Crippen LogP contribution in [-0.2, 0) is 0 Å². The molecule has 2 N–H and O–H groups in total. The first kappa shape index (κ1) is 20.0. The van der Waals surface area contributed by atoms with Crippen LogP contribution in [0.5, 0.6) is 0 Å². The Balaban J connectivity index is 0.00000400. The van der Waals surface area contributed by atoms with E-state index in [1.165, 1.54) is 11.1 Å². The molecule has 1 aromatic carbocycles. The summed E-state index contributed by atoms with van der Waals surface area (Å²) >= 11 is 0. The number of benzene rings is 1. The van der Waals surface area contributed by atoms with Crippen LogP contribution in [0.3, 0.4) is 0 Å². The van der Waals surface area contributed by atoms with Crippen LogP contribution in [0.25, 0.3) is 0 Å². The van der Waals surface area contributed by atoms with Crippen molar-refractivity contribution in [3.05, 3.63) is 47.5 Å². The predicted octanol–water partition coefficient (Wildman–Crippen LogP) is 4.20. The summed E-state index contributed by atoms with van der Waals surface area (Å²) in [6.07, 6.45) is 5.18. The maximum absolute atomic E-state index is 4.59. The van der Waals surface area contributed by atoms with Crippen molar-refractivity contribution in [1.82, 2.24) is 10.6 Å². The van der Waals surface area contributed by atoms with E-state index in [1.54, 1.807) is 0 Å². The highest BCUT2D eigenvalue weighted by Crippen LogP contribution is 2.16. The Morgan fingerprint density at radius 2 is 2.05 bits per heavy atom. The lowest BCUT2D eigenvalue weighted by Crippen LogP contribution is -2.39. The molecule has 0 spiro atoms. The molecule has 1 unspecified atom stereocenters. The Morgan fingerprint density at radius 3 is 2.67 bits per heavy atom. The van der Waals surface area contributed by atoms with E-state index < -0.39 is 0 Å². The average Bonchev–Trinajstić information content (AvgIpc) is 2.44. The number of nitrogens with zero attached hydrogens (tertiary/aromatic N) is 1. The summed E-state index contributed by atoms with van der Waals surface area (Å²) in [6, 6.07) is 8.70. The van der Waals surface area contributed by atoms with Crippen molar-refractivity contribution >= 4 is 29.9 Å². The zero-order chi connectivity index (χ0) is 14.8. The lowest BCUT2D eigenvalue weighted by atomic mass is 10.0. The third-order valence-corrected chi connectivity index (χ3v) is 3.15. The molecule has 3 nitrogen and oxygen atoms in total. The van der Waals surface area contributed by atoms with E-state index in [0.717, 1.165) is 25.5 Å². The highest BCUT2D eigenvalue weighted by molar-refractivity contribution is 14.0. The van der Waals surface area contributed by atoms with E-state index in [4.69, 9.17) is 0 Å². The molecule has 1 rings (SSSR count). The van der Waals surface area contributed by atoms with Crippen molar-refractivity contribution in [1.29, 1.82) is 0 Å². The van der Waals surface area contributed by atoms with Crippen molar-refractivity contribution in [2.75, 3.05) is 13.1 Å². The van der Waals surface area contributed by atoms with Crippen LogP contribution in [0.4, 0.5) is 0 Å². The van der Waals surface area contributed by atoms with Gasteiger partial charge in [-0.1, -0.05) is 36.4 Å². The van der Waals surface area contributed by atoms with Gasteiger partial charge in [0.15, 0.2) is 5.96 Å². The zero-order valence-electron chi connectivity index (χ0n) is 13.5. The van der Waals surface area contributed by atoms with Crippen LogP contribution >= 0.6 is 24.0 Å². The molecule has 0 bridgehead atoms. The van der Waals surface area contributed by atoms with Crippen LogP contribution in [-0.4, -0.2) is 19.0 Å². The molecule has 4 heteroatoms. The smallest absolute Gasteiger partial charge is 0.191 e. The molecule has 0 fully saturated rings. The molecule has 0 saturated carbocycles. The van der Waals surface area contributed by atoms with Crippen molar-refractivity contribution in [3.8, 4) is 0 Å². The van der Waals surface area contributed by atoms with Crippen LogP contribution in [0.2, 0.25) is 0 Å². The monoisotopic (exact) mass is 401 g/mol. The third-order valence-electron chi connectivity index (χ3n) is 3.15. The van der Waals surface area contributed by atoms with Gasteiger partial charge in [-0.3, -0.25) is 4.99 Å². The Labute approximate surface area is 146 Å². The number of allylic oxidation sites excluding steroid dienone is 1. The molecule has 21 heavy (non-hydrogen) atoms. The minimum atomic E-state index is 0. The number of aliphatic imine (C=N–C) groups is 1. The van der Waals surface area contributed by atoms with E-state index in [9.17, 15) is 0 Å². The maximum Gasteiger partial charge on any atom is 0.191 e. The summed E-state index contributed by atoms with van der Waals surface area (Å²) in [6.45, 7) is 10.1. The van der Waals surface area contributed by atoms with Gasteiger partial charge in [-0.2, -0.15) is 0 Å². The van der Waals surface area contributed by atoms with E-state index in [0.29, 0.717) is 0 Å². The number of hydrogen-bond donors (Lipinski definition) is 2. The van der Waals surface area contributed by atoms with Crippen LogP contribution in [0, 0.1) is 6.92 Å². The topological polar surface area (TPSA) is 36.4 Å². The molecule has 0 aliphatic rings. The zero-order valence-corrected chi connectivity index (χ0v) is 15.8. The minimum Gasteiger partial charge on any atom is -0.357 e. The molecule has 0 aromatic heterocycles. The van der Waals surface area contributed by atoms with Crippen LogP contribution in [0.15, 0.2) is 41.4 Å². The third kappa shape index (κ3) is 7.50. The van der Waals surface area contributed by atoms with Gasteiger partial charge in [-0.25, -0.2) is 0 Å². The standard InChI is InChI=1S/C17H27N3.HI/c1-5-7-10-13-19-17(18-6-2)20-15(4)16-12-9-8-11-14(16)3;/h5,7-9,11-12,15H,6,10,13H2,1-4H3,(H2,18,19,20);1H/b7-5+;. The number of nitrogens with one attached hydrogen (secondary N) is 2. The van der Waals surface area contributed by atoms with Gasteiger partial charge >= 0.3 is 0 Å². The second-order valence-electron chi connectivity index (χ2n) is 4.84. The van der Waals surface area contributed by atoms with Gasteiger partial charge in [0.05, 0.1) is 6.04 Å². The molecular weight excluding hydrogens is 373 g/mol. The quantitative estimate of drug-likeness (QED) is 0.247. The van der Waals surface area contributed by atoms with Crippen LogP contribution in [0.1, 0.15) is 44.4 Å². The van der Waals surface area contributed by atoms with Gasteiger partial charge in [0.25, 0.3) is 0 Å². The molecule has 0 aliphatic heterocycles. The van der Waals surface area contributed by atoms with Crippen molar-refractivity contribution in [2.24, 2.45) is 4.99 Å². The second kappa shape index (κ2) is 11.6. The Kier molecular flexibility index (Phi) is 11.0. The molecular formula is C17H28IN3. The first-order valence-electron chi connectivity index (χ1n) is 7.40. The van der Waals surface area contributed by atoms with Gasteiger partial charge in [0, 0.05) is 13.1 Å². The second-order valence-corrected chi connectivity index (χ2v) is 4.84. The summed E-state index contributed by atoms with van der Waals surface area (Å²) in [5.41, 5.74) is 2.61. The van der Waals surface area contributed by atoms with E-state index >= 15 is 0 Å². The molecule has 1 atom stereocenters. The largest absolute Gasteiger partial charge is 0.357 e. The fraction of sp³-hybridized carbons (Fsp3) is 0.471. The molecule has 0 saturated heterocycles. The molecule has 0 radical (unpaired) electrons. The summed E-state index contributed by atoms with van der Waals surface area (Å²) in [5, 5.41) is 6.76. The lowest BCUT2D eigenvalue weighted by Gasteiger charge is -2.19. The SMILES string of the molecule is C/C=C/CCN=C(NCC)NC(C)c1ccccc1C.I. The maximum atomic E-state index is 4.59. The van der Waals surface area contributed by atoms with Gasteiger partial charge in [0.1, 0.15) is 0 Å². The normalized spacial score (nSPS) is 12.9. The highest BCUT2D eigenvalue weighted by Gasteiger charge is 2.09. The molecule has 0 heterocycles. The summed E-state index contributed by atoms with van der Waals surface area (Å²) in [7, 11) is 0. The van der Waals surface area contributed by atoms with E-state index in [2.05, 4.69) is 72.8 Å². The Bertz CT molecular complexity index is 455. The van der Waals surface area contributed by atoms with E-state index in [1.807, 2.05) is 6.92 Å². The summed E-state index contributed by atoms with van der Waals surface area (Å²) in [4.78, 5) is 4.59. The number of halogens is 1. The minimum absolute atomic E-state index is 0.